The highest BCUT2D eigenvalue weighted by molar-refractivity contribution is 7.17. The fourth-order valence-electron chi connectivity index (χ4n) is 3.42. The number of rotatable bonds is 2. The lowest BCUT2D eigenvalue weighted by atomic mass is 9.94. The fraction of sp³-hybridized carbons (Fsp3) is 0.250. The first-order valence-electron chi connectivity index (χ1n) is 8.70. The third-order valence-electron chi connectivity index (χ3n) is 4.67. The standard InChI is InChI=1S/C20H17FN4OS/c1-20(2)10-25-19(26-11-20)16(13-5-7-22-15-6-8-27-18(13)15)17(24-25)14-4-3-12(21)9-23-14/h3-9H,10-11H2,1-2H3. The van der Waals surface area contributed by atoms with Crippen LogP contribution in [0, 0.1) is 11.2 Å². The molecular weight excluding hydrogens is 363 g/mol. The van der Waals surface area contributed by atoms with Gasteiger partial charge in [0.1, 0.15) is 11.5 Å². The molecule has 27 heavy (non-hydrogen) atoms. The molecule has 5 nitrogen and oxygen atoms in total. The molecule has 1 aliphatic rings. The van der Waals surface area contributed by atoms with E-state index in [-0.39, 0.29) is 11.2 Å². The molecule has 0 fully saturated rings. The van der Waals surface area contributed by atoms with Gasteiger partial charge >= 0.3 is 0 Å². The van der Waals surface area contributed by atoms with Crippen molar-refractivity contribution in [2.45, 2.75) is 20.4 Å². The first kappa shape index (κ1) is 16.4. The SMILES string of the molecule is CC1(C)COc2c(-c3ccnc4ccsc34)c(-c3ccc(F)cn3)nn2C1. The molecule has 0 bridgehead atoms. The molecule has 0 amide bonds. The van der Waals surface area contributed by atoms with Gasteiger partial charge in [-0.15, -0.1) is 11.3 Å². The van der Waals surface area contributed by atoms with Crippen LogP contribution in [0.4, 0.5) is 4.39 Å². The maximum Gasteiger partial charge on any atom is 0.220 e. The summed E-state index contributed by atoms with van der Waals surface area (Å²) in [6, 6.07) is 7.04. The molecule has 0 saturated carbocycles. The molecular formula is C20H17FN4OS. The minimum atomic E-state index is -0.369. The summed E-state index contributed by atoms with van der Waals surface area (Å²) in [5.41, 5.74) is 4.14. The molecule has 0 unspecified atom stereocenters. The average Bonchev–Trinajstić information content (AvgIpc) is 3.25. The van der Waals surface area contributed by atoms with Gasteiger partial charge in [0.15, 0.2) is 0 Å². The zero-order valence-corrected chi connectivity index (χ0v) is 15.8. The monoisotopic (exact) mass is 380 g/mol. The van der Waals surface area contributed by atoms with E-state index in [1.165, 1.54) is 12.3 Å². The Hall–Kier alpha value is -2.80. The molecule has 0 aliphatic carbocycles. The Kier molecular flexibility index (Phi) is 3.55. The second kappa shape index (κ2) is 5.85. The van der Waals surface area contributed by atoms with Crippen LogP contribution in [-0.2, 0) is 6.54 Å². The number of halogens is 1. The van der Waals surface area contributed by atoms with E-state index in [1.807, 2.05) is 22.2 Å². The Balaban J connectivity index is 1.79. The largest absolute Gasteiger partial charge is 0.477 e. The number of ether oxygens (including phenoxy) is 1. The van der Waals surface area contributed by atoms with Gasteiger partial charge in [-0.05, 0) is 29.6 Å². The molecule has 7 heteroatoms. The van der Waals surface area contributed by atoms with Gasteiger partial charge in [-0.3, -0.25) is 9.97 Å². The summed E-state index contributed by atoms with van der Waals surface area (Å²) < 4.78 is 22.5. The van der Waals surface area contributed by atoms with E-state index in [1.54, 1.807) is 23.6 Å². The minimum absolute atomic E-state index is 0.0136. The lowest BCUT2D eigenvalue weighted by Crippen LogP contribution is -2.33. The molecule has 1 aliphatic heterocycles. The smallest absolute Gasteiger partial charge is 0.220 e. The van der Waals surface area contributed by atoms with Gasteiger partial charge in [-0.1, -0.05) is 13.8 Å². The van der Waals surface area contributed by atoms with Crippen molar-refractivity contribution < 1.29 is 9.13 Å². The van der Waals surface area contributed by atoms with Crippen LogP contribution in [-0.4, -0.2) is 26.4 Å². The van der Waals surface area contributed by atoms with Crippen molar-refractivity contribution in [1.82, 2.24) is 19.7 Å². The second-order valence-electron chi connectivity index (χ2n) is 7.49. The van der Waals surface area contributed by atoms with Crippen LogP contribution in [0.15, 0.2) is 42.0 Å². The maximum absolute atomic E-state index is 13.4. The molecule has 136 valence electrons. The van der Waals surface area contributed by atoms with E-state index in [0.717, 1.165) is 33.8 Å². The second-order valence-corrected chi connectivity index (χ2v) is 8.41. The van der Waals surface area contributed by atoms with Gasteiger partial charge in [0.25, 0.3) is 0 Å². The molecule has 5 heterocycles. The predicted molar refractivity (Wildman–Crippen MR) is 103 cm³/mol. The summed E-state index contributed by atoms with van der Waals surface area (Å²) in [5.74, 6) is 0.363. The van der Waals surface area contributed by atoms with Crippen LogP contribution in [0.1, 0.15) is 13.8 Å². The van der Waals surface area contributed by atoms with Gasteiger partial charge in [-0.25, -0.2) is 9.07 Å². The molecule has 5 rings (SSSR count). The van der Waals surface area contributed by atoms with Gasteiger partial charge in [0, 0.05) is 17.2 Å². The Morgan fingerprint density at radius 2 is 2.07 bits per heavy atom. The van der Waals surface area contributed by atoms with Crippen LogP contribution in [0.3, 0.4) is 0 Å². The van der Waals surface area contributed by atoms with E-state index >= 15 is 0 Å². The quantitative estimate of drug-likeness (QED) is 0.502. The van der Waals surface area contributed by atoms with Crippen molar-refractivity contribution >= 4 is 21.6 Å². The first-order chi connectivity index (χ1) is 13.0. The normalized spacial score (nSPS) is 15.5. The van der Waals surface area contributed by atoms with Crippen LogP contribution in [0.5, 0.6) is 5.88 Å². The third kappa shape index (κ3) is 2.70. The van der Waals surface area contributed by atoms with E-state index in [9.17, 15) is 4.39 Å². The molecule has 0 N–H and O–H groups in total. The summed E-state index contributed by atoms with van der Waals surface area (Å²) >= 11 is 1.63. The summed E-state index contributed by atoms with van der Waals surface area (Å²) in [5, 5.41) is 6.83. The Bertz CT molecular complexity index is 1150. The highest BCUT2D eigenvalue weighted by Crippen LogP contribution is 2.45. The number of hydrogen-bond donors (Lipinski definition) is 0. The molecule has 4 aromatic rings. The van der Waals surface area contributed by atoms with E-state index < -0.39 is 0 Å². The number of nitrogens with zero attached hydrogens (tertiary/aromatic N) is 4. The Morgan fingerprint density at radius 1 is 1.19 bits per heavy atom. The van der Waals surface area contributed by atoms with Crippen LogP contribution in [0.25, 0.3) is 32.7 Å². The number of thiophene rings is 1. The van der Waals surface area contributed by atoms with Crippen molar-refractivity contribution in [3.63, 3.8) is 0 Å². The lowest BCUT2D eigenvalue weighted by molar-refractivity contribution is 0.101. The van der Waals surface area contributed by atoms with Crippen molar-refractivity contribution in [2.24, 2.45) is 5.41 Å². The fourth-order valence-corrected chi connectivity index (χ4v) is 4.30. The van der Waals surface area contributed by atoms with Crippen molar-refractivity contribution in [3.05, 3.63) is 47.9 Å². The zero-order chi connectivity index (χ0) is 18.6. The predicted octanol–water partition coefficient (Wildman–Crippen LogP) is 4.78. The van der Waals surface area contributed by atoms with Gasteiger partial charge in [0.05, 0.1) is 40.8 Å². The summed E-state index contributed by atoms with van der Waals surface area (Å²) in [6.07, 6.45) is 3.01. The summed E-state index contributed by atoms with van der Waals surface area (Å²) in [7, 11) is 0. The van der Waals surface area contributed by atoms with Crippen LogP contribution >= 0.6 is 11.3 Å². The Morgan fingerprint density at radius 3 is 2.89 bits per heavy atom. The van der Waals surface area contributed by atoms with Crippen molar-refractivity contribution in [1.29, 1.82) is 0 Å². The van der Waals surface area contributed by atoms with Crippen molar-refractivity contribution in [3.8, 4) is 28.4 Å². The highest BCUT2D eigenvalue weighted by Gasteiger charge is 2.33. The number of hydrogen-bond acceptors (Lipinski definition) is 5. The Labute approximate surface area is 159 Å². The zero-order valence-electron chi connectivity index (χ0n) is 14.9. The molecule has 0 aromatic carbocycles. The topological polar surface area (TPSA) is 52.8 Å². The lowest BCUT2D eigenvalue weighted by Gasteiger charge is -2.30. The molecule has 0 atom stereocenters. The maximum atomic E-state index is 13.4. The van der Waals surface area contributed by atoms with Crippen molar-refractivity contribution in [2.75, 3.05) is 6.61 Å². The highest BCUT2D eigenvalue weighted by atomic mass is 32.1. The molecule has 0 radical (unpaired) electrons. The van der Waals surface area contributed by atoms with Crippen LogP contribution in [0.2, 0.25) is 0 Å². The number of aromatic nitrogens is 4. The van der Waals surface area contributed by atoms with E-state index in [2.05, 4.69) is 23.8 Å². The van der Waals surface area contributed by atoms with E-state index in [0.29, 0.717) is 18.0 Å². The van der Waals surface area contributed by atoms with E-state index in [4.69, 9.17) is 9.84 Å². The van der Waals surface area contributed by atoms with Gasteiger partial charge < -0.3 is 4.74 Å². The summed E-state index contributed by atoms with van der Waals surface area (Å²) in [4.78, 5) is 8.70. The average molecular weight is 380 g/mol. The van der Waals surface area contributed by atoms with Crippen LogP contribution < -0.4 is 4.74 Å². The summed E-state index contributed by atoms with van der Waals surface area (Å²) in [6.45, 7) is 5.66. The van der Waals surface area contributed by atoms with Gasteiger partial charge in [0.2, 0.25) is 5.88 Å². The molecule has 4 aromatic heterocycles. The first-order valence-corrected chi connectivity index (χ1v) is 9.58. The minimum Gasteiger partial charge on any atom is -0.477 e. The van der Waals surface area contributed by atoms with Gasteiger partial charge in [-0.2, -0.15) is 5.10 Å². The third-order valence-corrected chi connectivity index (χ3v) is 5.60. The number of pyridine rings is 2. The molecule has 0 spiro atoms. The number of fused-ring (bicyclic) bond motifs is 2. The molecule has 0 saturated heterocycles.